The lowest BCUT2D eigenvalue weighted by atomic mass is 9.99. The van der Waals surface area contributed by atoms with E-state index in [-0.39, 0.29) is 6.03 Å². The number of carbonyl (C=O) groups excluding carboxylic acids is 1. The minimum absolute atomic E-state index is 0.0333. The zero-order valence-electron chi connectivity index (χ0n) is 14.3. The average molecular weight is 337 g/mol. The van der Waals surface area contributed by atoms with Crippen molar-refractivity contribution in [2.24, 2.45) is 5.92 Å². The fraction of sp³-hybridized carbons (Fsp3) is 0.400. The minimum Gasteiger partial charge on any atom is -0.376 e. The van der Waals surface area contributed by atoms with E-state index >= 15 is 0 Å². The number of urea groups is 1. The highest BCUT2D eigenvalue weighted by Crippen LogP contribution is 2.23. The molecule has 0 unspecified atom stereocenters. The third kappa shape index (κ3) is 3.82. The quantitative estimate of drug-likeness (QED) is 0.935. The summed E-state index contributed by atoms with van der Waals surface area (Å²) in [6, 6.07) is 12.4. The Morgan fingerprint density at radius 3 is 3.08 bits per heavy atom. The number of hydrogen-bond acceptors (Lipinski definition) is 3. The maximum Gasteiger partial charge on any atom is 0.321 e. The highest BCUT2D eigenvalue weighted by Gasteiger charge is 2.26. The lowest BCUT2D eigenvalue weighted by molar-refractivity contribution is 0.109. The average Bonchev–Trinajstić information content (AvgIpc) is 3.11. The van der Waals surface area contributed by atoms with Gasteiger partial charge in [-0.3, -0.25) is 4.98 Å². The molecule has 1 N–H and O–H groups in total. The number of hydrogen-bond donors (Lipinski definition) is 1. The van der Waals surface area contributed by atoms with Crippen LogP contribution in [0.5, 0.6) is 0 Å². The molecule has 2 aromatic rings. The van der Waals surface area contributed by atoms with Gasteiger partial charge in [0.25, 0.3) is 0 Å². The first-order valence-corrected chi connectivity index (χ1v) is 8.93. The highest BCUT2D eigenvalue weighted by atomic mass is 16.5. The summed E-state index contributed by atoms with van der Waals surface area (Å²) in [5, 5.41) is 2.99. The van der Waals surface area contributed by atoms with Crippen LogP contribution < -0.4 is 5.32 Å². The van der Waals surface area contributed by atoms with Crippen LogP contribution in [0.15, 0.2) is 42.6 Å². The Morgan fingerprint density at radius 2 is 2.20 bits per heavy atom. The lowest BCUT2D eigenvalue weighted by Gasteiger charge is -2.19. The summed E-state index contributed by atoms with van der Waals surface area (Å²) in [4.78, 5) is 18.9. The molecule has 25 heavy (non-hydrogen) atoms. The fourth-order valence-electron chi connectivity index (χ4n) is 3.64. The van der Waals surface area contributed by atoms with E-state index in [1.165, 1.54) is 5.56 Å². The molecule has 1 atom stereocenters. The monoisotopic (exact) mass is 337 g/mol. The lowest BCUT2D eigenvalue weighted by Crippen LogP contribution is -2.33. The summed E-state index contributed by atoms with van der Waals surface area (Å²) in [6.07, 6.45) is 4.68. The van der Waals surface area contributed by atoms with Gasteiger partial charge in [0.15, 0.2) is 0 Å². The van der Waals surface area contributed by atoms with Gasteiger partial charge < -0.3 is 15.0 Å². The molecule has 2 amide bonds. The molecule has 3 heterocycles. The van der Waals surface area contributed by atoms with Crippen LogP contribution in [0.25, 0.3) is 0 Å². The van der Waals surface area contributed by atoms with Gasteiger partial charge in [-0.1, -0.05) is 30.3 Å². The van der Waals surface area contributed by atoms with E-state index in [0.29, 0.717) is 12.5 Å². The van der Waals surface area contributed by atoms with Gasteiger partial charge in [-0.25, -0.2) is 4.79 Å². The molecule has 0 aliphatic carbocycles. The summed E-state index contributed by atoms with van der Waals surface area (Å²) in [5.74, 6) is 0.531. The van der Waals surface area contributed by atoms with Crippen molar-refractivity contribution in [2.45, 2.75) is 25.9 Å². The number of benzene rings is 1. The largest absolute Gasteiger partial charge is 0.376 e. The third-order valence-corrected chi connectivity index (χ3v) is 4.99. The van der Waals surface area contributed by atoms with Crippen LogP contribution in [0.4, 0.5) is 10.5 Å². The van der Waals surface area contributed by atoms with Crippen LogP contribution >= 0.6 is 0 Å². The molecular formula is C20H23N3O2. The Hall–Kier alpha value is -2.40. The topological polar surface area (TPSA) is 54.5 Å². The molecule has 0 radical (unpaired) electrons. The van der Waals surface area contributed by atoms with Crippen molar-refractivity contribution < 1.29 is 9.53 Å². The summed E-state index contributed by atoms with van der Waals surface area (Å²) in [7, 11) is 0. The van der Waals surface area contributed by atoms with Crippen molar-refractivity contribution in [3.8, 4) is 0 Å². The maximum absolute atomic E-state index is 12.5. The third-order valence-electron chi connectivity index (χ3n) is 4.99. The van der Waals surface area contributed by atoms with Crippen LogP contribution in [-0.2, 0) is 24.2 Å². The molecule has 5 nitrogen and oxygen atoms in total. The van der Waals surface area contributed by atoms with Crippen molar-refractivity contribution in [1.29, 1.82) is 0 Å². The Morgan fingerprint density at radius 1 is 1.32 bits per heavy atom. The number of rotatable bonds is 3. The number of pyridine rings is 1. The molecule has 5 heteroatoms. The van der Waals surface area contributed by atoms with Crippen LogP contribution in [0, 0.1) is 5.92 Å². The molecule has 4 rings (SSSR count). The van der Waals surface area contributed by atoms with Gasteiger partial charge in [0.1, 0.15) is 0 Å². The first-order chi connectivity index (χ1) is 12.3. The van der Waals surface area contributed by atoms with Crippen molar-refractivity contribution in [3.05, 3.63) is 59.4 Å². The second-order valence-electron chi connectivity index (χ2n) is 6.85. The molecule has 1 fully saturated rings. The van der Waals surface area contributed by atoms with Crippen LogP contribution in [0.2, 0.25) is 0 Å². The minimum atomic E-state index is -0.0333. The summed E-state index contributed by atoms with van der Waals surface area (Å²) >= 11 is 0. The number of likely N-dealkylation sites (tertiary alicyclic amines) is 1. The first-order valence-electron chi connectivity index (χ1n) is 8.93. The Kier molecular flexibility index (Phi) is 4.65. The Bertz CT molecular complexity index is 748. The van der Waals surface area contributed by atoms with Crippen molar-refractivity contribution in [2.75, 3.05) is 25.0 Å². The van der Waals surface area contributed by atoms with Crippen LogP contribution in [0.1, 0.15) is 23.2 Å². The zero-order valence-corrected chi connectivity index (χ0v) is 14.3. The van der Waals surface area contributed by atoms with E-state index in [4.69, 9.17) is 4.74 Å². The maximum atomic E-state index is 12.5. The molecule has 0 saturated carbocycles. The molecule has 0 spiro atoms. The Labute approximate surface area is 148 Å². The highest BCUT2D eigenvalue weighted by molar-refractivity contribution is 5.89. The number of amides is 2. The molecule has 1 aromatic heterocycles. The standard InChI is InChI=1S/C20H23N3O2/c24-20(22-18-11-17-14-25-9-7-19(17)21-12-18)23-8-6-16(13-23)10-15-4-2-1-3-5-15/h1-5,11-12,16H,6-10,13-14H2,(H,22,24)/t16-/m1/s1. The van der Waals surface area contributed by atoms with Gasteiger partial charge in [0.2, 0.25) is 0 Å². The van der Waals surface area contributed by atoms with Gasteiger partial charge in [0.05, 0.1) is 25.1 Å². The number of carbonyl (C=O) groups is 1. The number of fused-ring (bicyclic) bond motifs is 1. The van der Waals surface area contributed by atoms with E-state index in [0.717, 1.165) is 55.9 Å². The van der Waals surface area contributed by atoms with Crippen molar-refractivity contribution in [3.63, 3.8) is 0 Å². The van der Waals surface area contributed by atoms with Gasteiger partial charge in [0, 0.05) is 30.8 Å². The van der Waals surface area contributed by atoms with Gasteiger partial charge >= 0.3 is 6.03 Å². The summed E-state index contributed by atoms with van der Waals surface area (Å²) in [6.45, 7) is 2.92. The molecule has 1 saturated heterocycles. The smallest absolute Gasteiger partial charge is 0.321 e. The number of anilines is 1. The van der Waals surface area contributed by atoms with Crippen molar-refractivity contribution >= 4 is 11.7 Å². The number of nitrogens with one attached hydrogen (secondary N) is 1. The van der Waals surface area contributed by atoms with E-state index < -0.39 is 0 Å². The van der Waals surface area contributed by atoms with E-state index in [9.17, 15) is 4.79 Å². The van der Waals surface area contributed by atoms with Gasteiger partial charge in [-0.05, 0) is 30.4 Å². The fourth-order valence-corrected chi connectivity index (χ4v) is 3.64. The molecule has 2 aliphatic rings. The van der Waals surface area contributed by atoms with E-state index in [1.54, 1.807) is 6.20 Å². The predicted molar refractivity (Wildman–Crippen MR) is 96.4 cm³/mol. The summed E-state index contributed by atoms with van der Waals surface area (Å²) < 4.78 is 5.46. The van der Waals surface area contributed by atoms with Gasteiger partial charge in [-0.2, -0.15) is 0 Å². The predicted octanol–water partition coefficient (Wildman–Crippen LogP) is 3.25. The SMILES string of the molecule is O=C(Nc1cnc2c(c1)COCC2)N1CC[C@H](Cc2ccccc2)C1. The summed E-state index contributed by atoms with van der Waals surface area (Å²) in [5.41, 5.74) is 4.25. The second kappa shape index (κ2) is 7.23. The molecule has 2 aliphatic heterocycles. The van der Waals surface area contributed by atoms with Crippen LogP contribution in [0.3, 0.4) is 0 Å². The van der Waals surface area contributed by atoms with Gasteiger partial charge in [-0.15, -0.1) is 0 Å². The van der Waals surface area contributed by atoms with Crippen molar-refractivity contribution in [1.82, 2.24) is 9.88 Å². The number of nitrogens with zero attached hydrogens (tertiary/aromatic N) is 2. The van der Waals surface area contributed by atoms with E-state index in [2.05, 4.69) is 34.6 Å². The number of ether oxygens (including phenoxy) is 1. The Balaban J connectivity index is 1.34. The zero-order chi connectivity index (χ0) is 17.1. The first kappa shape index (κ1) is 16.1. The van der Waals surface area contributed by atoms with E-state index in [1.807, 2.05) is 17.0 Å². The van der Waals surface area contributed by atoms with Crippen LogP contribution in [-0.4, -0.2) is 35.6 Å². The molecule has 0 bridgehead atoms. The normalized spacial score (nSPS) is 19.5. The molecule has 130 valence electrons. The molecule has 1 aromatic carbocycles. The second-order valence-corrected chi connectivity index (χ2v) is 6.85. The number of aromatic nitrogens is 1. The molecular weight excluding hydrogens is 314 g/mol.